The molecule has 1 aromatic rings. The van der Waals surface area contributed by atoms with Gasteiger partial charge in [0.25, 0.3) is 0 Å². The van der Waals surface area contributed by atoms with Gasteiger partial charge in [0, 0.05) is 12.0 Å². The van der Waals surface area contributed by atoms with E-state index < -0.39 is 5.92 Å². The molecule has 0 N–H and O–H groups in total. The summed E-state index contributed by atoms with van der Waals surface area (Å²) in [5.41, 5.74) is 1.54. The third kappa shape index (κ3) is 4.88. The monoisotopic (exact) mass is 292 g/mol. The second-order valence-corrected chi connectivity index (χ2v) is 5.66. The molecule has 0 fully saturated rings. The van der Waals surface area contributed by atoms with Crippen LogP contribution in [-0.4, -0.2) is 26.0 Å². The van der Waals surface area contributed by atoms with Gasteiger partial charge >= 0.3 is 5.97 Å². The second-order valence-electron chi connectivity index (χ2n) is 5.66. The van der Waals surface area contributed by atoms with Gasteiger partial charge in [-0.3, -0.25) is 9.59 Å². The summed E-state index contributed by atoms with van der Waals surface area (Å²) >= 11 is 0. The van der Waals surface area contributed by atoms with E-state index >= 15 is 0 Å². The number of carbonyl (C=O) groups excluding carboxylic acids is 2. The first-order chi connectivity index (χ1) is 9.88. The minimum absolute atomic E-state index is 0.0654. The lowest BCUT2D eigenvalue weighted by atomic mass is 9.90. The van der Waals surface area contributed by atoms with Crippen LogP contribution in [0.2, 0.25) is 0 Å². The highest BCUT2D eigenvalue weighted by Crippen LogP contribution is 2.23. The van der Waals surface area contributed by atoms with E-state index in [-0.39, 0.29) is 18.2 Å². The Bertz CT molecular complexity index is 506. The van der Waals surface area contributed by atoms with Gasteiger partial charge in [0.1, 0.15) is 5.75 Å². The molecule has 0 heterocycles. The van der Waals surface area contributed by atoms with Crippen LogP contribution in [0.3, 0.4) is 0 Å². The fourth-order valence-electron chi connectivity index (χ4n) is 2.33. The summed E-state index contributed by atoms with van der Waals surface area (Å²) in [6, 6.07) is 5.34. The lowest BCUT2D eigenvalue weighted by molar-refractivity contribution is -0.145. The molecule has 0 amide bonds. The van der Waals surface area contributed by atoms with Crippen LogP contribution in [0.4, 0.5) is 0 Å². The molecule has 0 saturated carbocycles. The Morgan fingerprint density at radius 2 is 1.86 bits per heavy atom. The summed E-state index contributed by atoms with van der Waals surface area (Å²) in [4.78, 5) is 24.2. The first-order valence-electron chi connectivity index (χ1n) is 7.14. The van der Waals surface area contributed by atoms with Crippen molar-refractivity contribution in [1.29, 1.82) is 0 Å². The van der Waals surface area contributed by atoms with Crippen molar-refractivity contribution >= 4 is 11.8 Å². The first-order valence-corrected chi connectivity index (χ1v) is 7.14. The summed E-state index contributed by atoms with van der Waals surface area (Å²) in [6.07, 6.45) is 0.804. The quantitative estimate of drug-likeness (QED) is 0.571. The largest absolute Gasteiger partial charge is 0.496 e. The average molecular weight is 292 g/mol. The Kier molecular flexibility index (Phi) is 6.40. The Morgan fingerprint density at radius 1 is 1.19 bits per heavy atom. The van der Waals surface area contributed by atoms with Crippen LogP contribution in [-0.2, 0) is 9.53 Å². The van der Waals surface area contributed by atoms with E-state index in [4.69, 9.17) is 9.47 Å². The highest BCUT2D eigenvalue weighted by Gasteiger charge is 2.24. The van der Waals surface area contributed by atoms with E-state index in [0.717, 1.165) is 5.56 Å². The fraction of sp³-hybridized carbons (Fsp3) is 0.529. The molecule has 21 heavy (non-hydrogen) atoms. The lowest BCUT2D eigenvalue weighted by Gasteiger charge is -2.16. The molecule has 0 spiro atoms. The van der Waals surface area contributed by atoms with Crippen LogP contribution in [0, 0.1) is 18.8 Å². The zero-order valence-electron chi connectivity index (χ0n) is 13.4. The fourth-order valence-corrected chi connectivity index (χ4v) is 2.33. The maximum Gasteiger partial charge on any atom is 0.309 e. The van der Waals surface area contributed by atoms with Crippen molar-refractivity contribution in [2.45, 2.75) is 33.6 Å². The van der Waals surface area contributed by atoms with Crippen LogP contribution < -0.4 is 4.74 Å². The number of methoxy groups -OCH3 is 2. The molecule has 1 rings (SSSR count). The van der Waals surface area contributed by atoms with Crippen LogP contribution in [0.5, 0.6) is 5.75 Å². The van der Waals surface area contributed by atoms with Gasteiger partial charge < -0.3 is 9.47 Å². The maximum absolute atomic E-state index is 12.4. The van der Waals surface area contributed by atoms with E-state index in [1.807, 2.05) is 26.8 Å². The van der Waals surface area contributed by atoms with Gasteiger partial charge in [0.05, 0.1) is 20.1 Å². The van der Waals surface area contributed by atoms with E-state index in [1.54, 1.807) is 19.2 Å². The molecule has 1 aromatic carbocycles. The van der Waals surface area contributed by atoms with E-state index in [9.17, 15) is 9.59 Å². The highest BCUT2D eigenvalue weighted by atomic mass is 16.5. The van der Waals surface area contributed by atoms with Gasteiger partial charge in [0.2, 0.25) is 0 Å². The summed E-state index contributed by atoms with van der Waals surface area (Å²) in [5.74, 6) is 0.226. The van der Waals surface area contributed by atoms with Crippen LogP contribution in [0.25, 0.3) is 0 Å². The Labute approximate surface area is 126 Å². The van der Waals surface area contributed by atoms with Crippen molar-refractivity contribution in [1.82, 2.24) is 0 Å². The van der Waals surface area contributed by atoms with Crippen molar-refractivity contribution in [3.05, 3.63) is 29.3 Å². The molecule has 0 radical (unpaired) electrons. The van der Waals surface area contributed by atoms with Crippen molar-refractivity contribution in [2.75, 3.05) is 14.2 Å². The normalized spacial score (nSPS) is 12.1. The molecule has 0 aliphatic heterocycles. The Hall–Kier alpha value is -1.84. The summed E-state index contributed by atoms with van der Waals surface area (Å²) in [6.45, 7) is 5.97. The molecule has 4 heteroatoms. The summed E-state index contributed by atoms with van der Waals surface area (Å²) in [5, 5.41) is 0. The molecule has 116 valence electrons. The van der Waals surface area contributed by atoms with Crippen LogP contribution in [0.15, 0.2) is 18.2 Å². The van der Waals surface area contributed by atoms with E-state index in [2.05, 4.69) is 0 Å². The second kappa shape index (κ2) is 7.81. The smallest absolute Gasteiger partial charge is 0.309 e. The predicted octanol–water partition coefficient (Wildman–Crippen LogP) is 3.41. The number of benzene rings is 1. The van der Waals surface area contributed by atoms with Crippen LogP contribution >= 0.6 is 0 Å². The number of carbonyl (C=O) groups is 2. The van der Waals surface area contributed by atoms with Gasteiger partial charge in [-0.05, 0) is 30.9 Å². The summed E-state index contributed by atoms with van der Waals surface area (Å²) < 4.78 is 10.0. The van der Waals surface area contributed by atoms with Crippen molar-refractivity contribution in [2.24, 2.45) is 11.8 Å². The van der Waals surface area contributed by atoms with Gasteiger partial charge in [0.15, 0.2) is 5.78 Å². The standard InChI is InChI=1S/C17H24O4/c1-11(2)8-14(17(19)21-5)9-15(18)13-7-6-12(3)16(10-13)20-4/h6-7,10-11,14H,8-9H2,1-5H3/t14-/m0/s1. The topological polar surface area (TPSA) is 52.6 Å². The molecule has 4 nitrogen and oxygen atoms in total. The number of esters is 1. The predicted molar refractivity (Wildman–Crippen MR) is 81.6 cm³/mol. The molecule has 1 atom stereocenters. The van der Waals surface area contributed by atoms with Crippen molar-refractivity contribution < 1.29 is 19.1 Å². The minimum Gasteiger partial charge on any atom is -0.496 e. The molecular formula is C17H24O4. The molecule has 0 aromatic heterocycles. The number of Topliss-reactive ketones (excluding diaryl/α,β-unsaturated/α-hetero) is 1. The van der Waals surface area contributed by atoms with E-state index in [0.29, 0.717) is 23.7 Å². The number of aryl methyl sites for hydroxylation is 1. The Balaban J connectivity index is 2.88. The number of rotatable bonds is 7. The average Bonchev–Trinajstić information content (AvgIpc) is 2.45. The number of ether oxygens (including phenoxy) is 2. The van der Waals surface area contributed by atoms with Gasteiger partial charge in [-0.2, -0.15) is 0 Å². The highest BCUT2D eigenvalue weighted by molar-refractivity contribution is 5.98. The third-order valence-corrected chi connectivity index (χ3v) is 3.45. The van der Waals surface area contributed by atoms with Gasteiger partial charge in [-0.1, -0.05) is 26.0 Å². The van der Waals surface area contributed by atoms with Crippen molar-refractivity contribution in [3.63, 3.8) is 0 Å². The van der Waals surface area contributed by atoms with E-state index in [1.165, 1.54) is 7.11 Å². The number of hydrogen-bond donors (Lipinski definition) is 0. The molecular weight excluding hydrogens is 268 g/mol. The maximum atomic E-state index is 12.4. The number of hydrogen-bond acceptors (Lipinski definition) is 4. The summed E-state index contributed by atoms with van der Waals surface area (Å²) in [7, 11) is 2.93. The third-order valence-electron chi connectivity index (χ3n) is 3.45. The Morgan fingerprint density at radius 3 is 2.38 bits per heavy atom. The van der Waals surface area contributed by atoms with Gasteiger partial charge in [-0.15, -0.1) is 0 Å². The molecule has 0 unspecified atom stereocenters. The zero-order valence-corrected chi connectivity index (χ0v) is 13.4. The van der Waals surface area contributed by atoms with Crippen molar-refractivity contribution in [3.8, 4) is 5.75 Å². The SMILES string of the molecule is COC(=O)[C@H](CC(=O)c1ccc(C)c(OC)c1)CC(C)C. The lowest BCUT2D eigenvalue weighted by Crippen LogP contribution is -2.21. The van der Waals surface area contributed by atoms with Crippen LogP contribution in [0.1, 0.15) is 42.6 Å². The molecule has 0 bridgehead atoms. The molecule has 0 aliphatic rings. The zero-order chi connectivity index (χ0) is 16.0. The van der Waals surface area contributed by atoms with Gasteiger partial charge in [-0.25, -0.2) is 0 Å². The molecule has 0 saturated heterocycles. The minimum atomic E-state index is -0.394. The first kappa shape index (κ1) is 17.2. The molecule has 0 aliphatic carbocycles. The number of ketones is 1.